The second-order valence-electron chi connectivity index (χ2n) is 6.12. The van der Waals surface area contributed by atoms with Crippen molar-refractivity contribution in [3.63, 3.8) is 0 Å². The van der Waals surface area contributed by atoms with E-state index in [4.69, 9.17) is 0 Å². The number of halogens is 1. The minimum Gasteiger partial charge on any atom is -0.469 e. The van der Waals surface area contributed by atoms with Gasteiger partial charge in [-0.1, -0.05) is 12.1 Å². The van der Waals surface area contributed by atoms with Crippen molar-refractivity contribution in [1.82, 2.24) is 15.1 Å². The van der Waals surface area contributed by atoms with Gasteiger partial charge < -0.3 is 19.9 Å². The summed E-state index contributed by atoms with van der Waals surface area (Å²) >= 11 is 0. The summed E-state index contributed by atoms with van der Waals surface area (Å²) in [6.45, 7) is 2.22. The molecule has 1 aromatic carbocycles. The number of esters is 1. The van der Waals surface area contributed by atoms with E-state index in [1.54, 1.807) is 17.0 Å². The Labute approximate surface area is 148 Å². The number of hydrogen-bond acceptors (Lipinski definition) is 4. The summed E-state index contributed by atoms with van der Waals surface area (Å²) in [6.07, 6.45) is 1.73. The van der Waals surface area contributed by atoms with Gasteiger partial charge in [0.1, 0.15) is 5.82 Å². The van der Waals surface area contributed by atoms with E-state index in [0.717, 1.165) is 12.1 Å². The number of amides is 2. The molecule has 0 saturated heterocycles. The van der Waals surface area contributed by atoms with Crippen LogP contribution in [-0.2, 0) is 16.1 Å². The van der Waals surface area contributed by atoms with Crippen LogP contribution < -0.4 is 5.32 Å². The lowest BCUT2D eigenvalue weighted by Gasteiger charge is -2.25. The Hall–Kier alpha value is -2.15. The molecule has 0 aliphatic heterocycles. The van der Waals surface area contributed by atoms with Crippen molar-refractivity contribution in [2.24, 2.45) is 0 Å². The third-order valence-corrected chi connectivity index (χ3v) is 3.70. The predicted octanol–water partition coefficient (Wildman–Crippen LogP) is 2.24. The highest BCUT2D eigenvalue weighted by molar-refractivity contribution is 5.74. The lowest BCUT2D eigenvalue weighted by molar-refractivity contribution is -0.140. The molecule has 0 aliphatic rings. The highest BCUT2D eigenvalue weighted by Gasteiger charge is 2.14. The van der Waals surface area contributed by atoms with Crippen LogP contribution in [0.2, 0.25) is 0 Å². The molecule has 140 valence electrons. The summed E-state index contributed by atoms with van der Waals surface area (Å²) in [5.74, 6) is -0.533. The molecule has 0 bridgehead atoms. The van der Waals surface area contributed by atoms with E-state index in [1.165, 1.54) is 19.2 Å². The highest BCUT2D eigenvalue weighted by Crippen LogP contribution is 2.07. The van der Waals surface area contributed by atoms with Crippen LogP contribution in [0.15, 0.2) is 24.3 Å². The summed E-state index contributed by atoms with van der Waals surface area (Å²) in [4.78, 5) is 27.2. The maximum Gasteiger partial charge on any atom is 0.317 e. The van der Waals surface area contributed by atoms with Crippen molar-refractivity contribution in [3.8, 4) is 0 Å². The zero-order chi connectivity index (χ0) is 18.7. The van der Waals surface area contributed by atoms with Gasteiger partial charge in [0.25, 0.3) is 0 Å². The molecule has 0 unspecified atom stereocenters. The molecule has 1 N–H and O–H groups in total. The quantitative estimate of drug-likeness (QED) is 0.518. The Bertz CT molecular complexity index is 535. The molecule has 0 atom stereocenters. The van der Waals surface area contributed by atoms with Gasteiger partial charge in [-0.25, -0.2) is 9.18 Å². The molecular formula is C18H28FN3O3. The normalized spacial score (nSPS) is 10.6. The summed E-state index contributed by atoms with van der Waals surface area (Å²) in [7, 11) is 5.25. The monoisotopic (exact) mass is 353 g/mol. The maximum absolute atomic E-state index is 13.0. The molecule has 0 heterocycles. The number of unbranched alkanes of at least 4 members (excludes halogenated alkanes) is 1. The second kappa shape index (κ2) is 11.4. The van der Waals surface area contributed by atoms with Crippen LogP contribution in [0.25, 0.3) is 0 Å². The van der Waals surface area contributed by atoms with Crippen LogP contribution in [0, 0.1) is 5.82 Å². The summed E-state index contributed by atoms with van der Waals surface area (Å²) in [6, 6.07) is 5.99. The fourth-order valence-electron chi connectivity index (χ4n) is 2.19. The zero-order valence-corrected chi connectivity index (χ0v) is 15.3. The first kappa shape index (κ1) is 20.9. The van der Waals surface area contributed by atoms with Crippen LogP contribution in [0.5, 0.6) is 0 Å². The topological polar surface area (TPSA) is 61.9 Å². The molecule has 25 heavy (non-hydrogen) atoms. The number of urea groups is 1. The van der Waals surface area contributed by atoms with E-state index >= 15 is 0 Å². The number of nitrogens with one attached hydrogen (secondary N) is 1. The second-order valence-corrected chi connectivity index (χ2v) is 6.12. The minimum atomic E-state index is -0.293. The SMILES string of the molecule is COC(=O)CCCCNC(=O)N(CCN(C)C)Cc1ccc(F)cc1. The van der Waals surface area contributed by atoms with Gasteiger partial charge in [-0.2, -0.15) is 0 Å². The summed E-state index contributed by atoms with van der Waals surface area (Å²) in [5, 5.41) is 2.87. The number of hydrogen-bond donors (Lipinski definition) is 1. The molecule has 1 aromatic rings. The zero-order valence-electron chi connectivity index (χ0n) is 15.3. The average Bonchev–Trinajstić information content (AvgIpc) is 2.59. The molecule has 1 rings (SSSR count). The van der Waals surface area contributed by atoms with E-state index in [2.05, 4.69) is 10.1 Å². The number of rotatable bonds is 10. The van der Waals surface area contributed by atoms with E-state index < -0.39 is 0 Å². The van der Waals surface area contributed by atoms with Gasteiger partial charge in [0.15, 0.2) is 0 Å². The van der Waals surface area contributed by atoms with Gasteiger partial charge >= 0.3 is 12.0 Å². The first-order valence-corrected chi connectivity index (χ1v) is 8.41. The van der Waals surface area contributed by atoms with Gasteiger partial charge in [-0.3, -0.25) is 4.79 Å². The molecule has 0 fully saturated rings. The van der Waals surface area contributed by atoms with Gasteiger partial charge in [-0.15, -0.1) is 0 Å². The Kier molecular flexibility index (Phi) is 9.54. The molecular weight excluding hydrogens is 325 g/mol. The van der Waals surface area contributed by atoms with E-state index in [9.17, 15) is 14.0 Å². The molecule has 0 radical (unpaired) electrons. The van der Waals surface area contributed by atoms with Crippen molar-refractivity contribution in [2.45, 2.75) is 25.8 Å². The van der Waals surface area contributed by atoms with Crippen LogP contribution >= 0.6 is 0 Å². The van der Waals surface area contributed by atoms with E-state index in [0.29, 0.717) is 38.9 Å². The number of ether oxygens (including phenoxy) is 1. The fourth-order valence-corrected chi connectivity index (χ4v) is 2.19. The van der Waals surface area contributed by atoms with Crippen molar-refractivity contribution in [3.05, 3.63) is 35.6 Å². The average molecular weight is 353 g/mol. The third-order valence-electron chi connectivity index (χ3n) is 3.70. The highest BCUT2D eigenvalue weighted by atomic mass is 19.1. The Morgan fingerprint density at radius 3 is 2.40 bits per heavy atom. The van der Waals surface area contributed by atoms with Crippen LogP contribution in [0.4, 0.5) is 9.18 Å². The summed E-state index contributed by atoms with van der Waals surface area (Å²) in [5.41, 5.74) is 0.876. The third kappa shape index (κ3) is 9.05. The smallest absolute Gasteiger partial charge is 0.317 e. The Morgan fingerprint density at radius 1 is 1.12 bits per heavy atom. The van der Waals surface area contributed by atoms with Crippen molar-refractivity contribution < 1.29 is 18.7 Å². The molecule has 7 heteroatoms. The largest absolute Gasteiger partial charge is 0.469 e. The number of carbonyl (C=O) groups excluding carboxylic acids is 2. The van der Waals surface area contributed by atoms with Crippen molar-refractivity contribution >= 4 is 12.0 Å². The molecule has 0 aromatic heterocycles. The lowest BCUT2D eigenvalue weighted by Crippen LogP contribution is -2.43. The van der Waals surface area contributed by atoms with Gasteiger partial charge in [-0.05, 0) is 44.6 Å². The number of nitrogens with zero attached hydrogens (tertiary/aromatic N) is 2. The van der Waals surface area contributed by atoms with E-state index in [1.807, 2.05) is 19.0 Å². The van der Waals surface area contributed by atoms with Gasteiger partial charge in [0.05, 0.1) is 7.11 Å². The van der Waals surface area contributed by atoms with E-state index in [-0.39, 0.29) is 17.8 Å². The molecule has 0 aliphatic carbocycles. The Morgan fingerprint density at radius 2 is 1.80 bits per heavy atom. The Balaban J connectivity index is 2.48. The van der Waals surface area contributed by atoms with Crippen LogP contribution in [0.3, 0.4) is 0 Å². The number of carbonyl (C=O) groups is 2. The fraction of sp³-hybridized carbons (Fsp3) is 0.556. The maximum atomic E-state index is 13.0. The lowest BCUT2D eigenvalue weighted by atomic mass is 10.2. The number of likely N-dealkylation sites (N-methyl/N-ethyl adjacent to an activating group) is 1. The molecule has 6 nitrogen and oxygen atoms in total. The molecule has 0 saturated carbocycles. The van der Waals surface area contributed by atoms with Gasteiger partial charge in [0, 0.05) is 32.6 Å². The standard InChI is InChI=1S/C18H28FN3O3/c1-21(2)12-13-22(14-15-7-9-16(19)10-8-15)18(24)20-11-5-4-6-17(23)25-3/h7-10H,4-6,11-14H2,1-3H3,(H,20,24). The number of methoxy groups -OCH3 is 1. The van der Waals surface area contributed by atoms with Crippen LogP contribution in [-0.4, -0.2) is 62.6 Å². The minimum absolute atomic E-state index is 0.163. The molecule has 2 amide bonds. The van der Waals surface area contributed by atoms with Crippen molar-refractivity contribution in [1.29, 1.82) is 0 Å². The predicted molar refractivity (Wildman–Crippen MR) is 94.6 cm³/mol. The van der Waals surface area contributed by atoms with Crippen LogP contribution in [0.1, 0.15) is 24.8 Å². The first-order chi connectivity index (χ1) is 11.9. The first-order valence-electron chi connectivity index (χ1n) is 8.41. The van der Waals surface area contributed by atoms with Gasteiger partial charge in [0.2, 0.25) is 0 Å². The van der Waals surface area contributed by atoms with Crippen molar-refractivity contribution in [2.75, 3.05) is 40.8 Å². The summed E-state index contributed by atoms with van der Waals surface area (Å²) < 4.78 is 17.6. The molecule has 0 spiro atoms. The number of benzene rings is 1.